The zero-order chi connectivity index (χ0) is 10.8. The molecule has 1 aromatic rings. The summed E-state index contributed by atoms with van der Waals surface area (Å²) in [5, 5.41) is 0. The van der Waals surface area contributed by atoms with Gasteiger partial charge in [0.15, 0.2) is 6.61 Å². The van der Waals surface area contributed by atoms with Gasteiger partial charge in [-0.15, -0.1) is 0 Å². The van der Waals surface area contributed by atoms with Crippen molar-refractivity contribution in [3.05, 3.63) is 35.4 Å². The first-order valence-corrected chi connectivity index (χ1v) is 4.59. The normalized spacial score (nSPS) is 20.7. The number of aryl methyl sites for hydroxylation is 1. The molecule has 15 heavy (non-hydrogen) atoms. The van der Waals surface area contributed by atoms with E-state index in [0.29, 0.717) is 5.56 Å². The SMILES string of the molecule is Cc1ccc(C2OC(=O)COC2=O)cc1. The molecule has 4 nitrogen and oxygen atoms in total. The molecule has 0 spiro atoms. The van der Waals surface area contributed by atoms with Gasteiger partial charge in [-0.3, -0.25) is 0 Å². The molecule has 0 aliphatic carbocycles. The average molecular weight is 206 g/mol. The maximum Gasteiger partial charge on any atom is 0.352 e. The average Bonchev–Trinajstić information content (AvgIpc) is 2.23. The predicted molar refractivity (Wildman–Crippen MR) is 51.0 cm³/mol. The summed E-state index contributed by atoms with van der Waals surface area (Å²) in [5.74, 6) is -1.03. The summed E-state index contributed by atoms with van der Waals surface area (Å²) < 4.78 is 9.58. The van der Waals surface area contributed by atoms with Gasteiger partial charge in [-0.25, -0.2) is 9.59 Å². The van der Waals surface area contributed by atoms with Crippen LogP contribution in [-0.4, -0.2) is 18.5 Å². The highest BCUT2D eigenvalue weighted by atomic mass is 16.6. The van der Waals surface area contributed by atoms with E-state index in [-0.39, 0.29) is 6.61 Å². The molecule has 1 fully saturated rings. The van der Waals surface area contributed by atoms with E-state index in [0.717, 1.165) is 5.56 Å². The molecule has 78 valence electrons. The van der Waals surface area contributed by atoms with Gasteiger partial charge in [-0.05, 0) is 6.92 Å². The Bertz CT molecular complexity index is 394. The van der Waals surface area contributed by atoms with Crippen LogP contribution in [0, 0.1) is 6.92 Å². The molecule has 1 aromatic carbocycles. The second kappa shape index (κ2) is 3.73. The van der Waals surface area contributed by atoms with Gasteiger partial charge in [0.1, 0.15) is 0 Å². The number of hydrogen-bond acceptors (Lipinski definition) is 4. The van der Waals surface area contributed by atoms with Crippen molar-refractivity contribution in [1.29, 1.82) is 0 Å². The number of esters is 2. The highest BCUT2D eigenvalue weighted by Crippen LogP contribution is 2.22. The molecule has 1 saturated heterocycles. The number of carbonyl (C=O) groups is 2. The molecule has 1 atom stereocenters. The van der Waals surface area contributed by atoms with Crippen LogP contribution in [0.1, 0.15) is 17.2 Å². The third-order valence-electron chi connectivity index (χ3n) is 2.18. The molecule has 1 heterocycles. The minimum Gasteiger partial charge on any atom is -0.451 e. The molecule has 0 amide bonds. The second-order valence-corrected chi connectivity index (χ2v) is 3.39. The monoisotopic (exact) mass is 206 g/mol. The molecule has 2 rings (SSSR count). The molecule has 1 aliphatic heterocycles. The van der Waals surface area contributed by atoms with E-state index in [1.165, 1.54) is 0 Å². The van der Waals surface area contributed by atoms with Crippen LogP contribution < -0.4 is 0 Å². The summed E-state index contributed by atoms with van der Waals surface area (Å²) in [6.45, 7) is 1.65. The number of carbonyl (C=O) groups excluding carboxylic acids is 2. The van der Waals surface area contributed by atoms with E-state index in [2.05, 4.69) is 4.74 Å². The van der Waals surface area contributed by atoms with Gasteiger partial charge >= 0.3 is 11.9 Å². The number of ether oxygens (including phenoxy) is 2. The van der Waals surface area contributed by atoms with Crippen LogP contribution in [0.4, 0.5) is 0 Å². The van der Waals surface area contributed by atoms with Crippen molar-refractivity contribution >= 4 is 11.9 Å². The first kappa shape index (κ1) is 9.71. The highest BCUT2D eigenvalue weighted by molar-refractivity contribution is 5.86. The van der Waals surface area contributed by atoms with Crippen LogP contribution in [-0.2, 0) is 19.1 Å². The zero-order valence-corrected chi connectivity index (χ0v) is 8.23. The van der Waals surface area contributed by atoms with Crippen LogP contribution in [0.5, 0.6) is 0 Å². The van der Waals surface area contributed by atoms with Crippen LogP contribution in [0.2, 0.25) is 0 Å². The third kappa shape index (κ3) is 1.98. The van der Waals surface area contributed by atoms with Crippen molar-refractivity contribution in [1.82, 2.24) is 0 Å². The van der Waals surface area contributed by atoms with E-state index >= 15 is 0 Å². The number of hydrogen-bond donors (Lipinski definition) is 0. The van der Waals surface area contributed by atoms with Crippen molar-refractivity contribution in [2.24, 2.45) is 0 Å². The Labute approximate surface area is 86.8 Å². The fraction of sp³-hybridized carbons (Fsp3) is 0.273. The molecule has 0 aromatic heterocycles. The summed E-state index contributed by atoms with van der Waals surface area (Å²) in [5.41, 5.74) is 1.72. The molecule has 0 N–H and O–H groups in total. The maximum absolute atomic E-state index is 11.3. The Kier molecular flexibility index (Phi) is 2.41. The largest absolute Gasteiger partial charge is 0.451 e. The number of rotatable bonds is 1. The second-order valence-electron chi connectivity index (χ2n) is 3.39. The maximum atomic E-state index is 11.3. The third-order valence-corrected chi connectivity index (χ3v) is 2.18. The fourth-order valence-electron chi connectivity index (χ4n) is 1.36. The van der Waals surface area contributed by atoms with Gasteiger partial charge in [-0.1, -0.05) is 29.8 Å². The van der Waals surface area contributed by atoms with Crippen molar-refractivity contribution < 1.29 is 19.1 Å². The predicted octanol–water partition coefficient (Wildman–Crippen LogP) is 1.14. The molecule has 1 unspecified atom stereocenters. The van der Waals surface area contributed by atoms with Crippen molar-refractivity contribution in [3.63, 3.8) is 0 Å². The lowest BCUT2D eigenvalue weighted by Gasteiger charge is -2.21. The molecular weight excluding hydrogens is 196 g/mol. The molecule has 0 radical (unpaired) electrons. The summed E-state index contributed by atoms with van der Waals surface area (Å²) >= 11 is 0. The van der Waals surface area contributed by atoms with Gasteiger partial charge in [0.2, 0.25) is 6.10 Å². The highest BCUT2D eigenvalue weighted by Gasteiger charge is 2.31. The van der Waals surface area contributed by atoms with Gasteiger partial charge in [0, 0.05) is 5.56 Å². The Hall–Kier alpha value is -1.84. The Morgan fingerprint density at radius 2 is 1.87 bits per heavy atom. The van der Waals surface area contributed by atoms with Crippen molar-refractivity contribution in [3.8, 4) is 0 Å². The van der Waals surface area contributed by atoms with E-state index in [9.17, 15) is 9.59 Å². The lowest BCUT2D eigenvalue weighted by molar-refractivity contribution is -0.185. The molecule has 1 aliphatic rings. The standard InChI is InChI=1S/C11H10O4/c1-7-2-4-8(5-3-7)10-11(13)14-6-9(12)15-10/h2-5,10H,6H2,1H3. The van der Waals surface area contributed by atoms with Gasteiger partial charge in [0.05, 0.1) is 0 Å². The topological polar surface area (TPSA) is 52.6 Å². The van der Waals surface area contributed by atoms with Crippen molar-refractivity contribution in [2.75, 3.05) is 6.61 Å². The van der Waals surface area contributed by atoms with E-state index in [1.807, 2.05) is 19.1 Å². The molecule has 4 heteroatoms. The molecule has 0 saturated carbocycles. The lowest BCUT2D eigenvalue weighted by atomic mass is 10.1. The summed E-state index contributed by atoms with van der Waals surface area (Å²) in [6, 6.07) is 7.20. The van der Waals surface area contributed by atoms with E-state index in [1.54, 1.807) is 12.1 Å². The minimum absolute atomic E-state index is 0.290. The van der Waals surface area contributed by atoms with Gasteiger partial charge in [0.25, 0.3) is 0 Å². The number of benzene rings is 1. The minimum atomic E-state index is -0.910. The van der Waals surface area contributed by atoms with Crippen molar-refractivity contribution in [2.45, 2.75) is 13.0 Å². The first-order chi connectivity index (χ1) is 7.16. The summed E-state index contributed by atoms with van der Waals surface area (Å²) in [7, 11) is 0. The summed E-state index contributed by atoms with van der Waals surface area (Å²) in [4.78, 5) is 22.3. The quantitative estimate of drug-likeness (QED) is 0.646. The van der Waals surface area contributed by atoms with Gasteiger partial charge in [-0.2, -0.15) is 0 Å². The Balaban J connectivity index is 2.25. The van der Waals surface area contributed by atoms with Gasteiger partial charge < -0.3 is 9.47 Å². The van der Waals surface area contributed by atoms with E-state index < -0.39 is 18.0 Å². The lowest BCUT2D eigenvalue weighted by Crippen LogP contribution is -2.31. The number of cyclic esters (lactones) is 2. The zero-order valence-electron chi connectivity index (χ0n) is 8.23. The Morgan fingerprint density at radius 1 is 1.20 bits per heavy atom. The smallest absolute Gasteiger partial charge is 0.352 e. The molecular formula is C11H10O4. The van der Waals surface area contributed by atoms with E-state index in [4.69, 9.17) is 4.74 Å². The Morgan fingerprint density at radius 3 is 2.53 bits per heavy atom. The summed E-state index contributed by atoms with van der Waals surface area (Å²) in [6.07, 6.45) is -0.910. The van der Waals surface area contributed by atoms with Crippen LogP contribution in [0.3, 0.4) is 0 Å². The molecule has 0 bridgehead atoms. The van der Waals surface area contributed by atoms with Crippen LogP contribution in [0.25, 0.3) is 0 Å². The first-order valence-electron chi connectivity index (χ1n) is 4.59. The fourth-order valence-corrected chi connectivity index (χ4v) is 1.36. The van der Waals surface area contributed by atoms with Crippen LogP contribution >= 0.6 is 0 Å². The van der Waals surface area contributed by atoms with Crippen LogP contribution in [0.15, 0.2) is 24.3 Å².